The Morgan fingerprint density at radius 1 is 1.33 bits per heavy atom. The lowest BCUT2D eigenvalue weighted by molar-refractivity contribution is 0.193. The lowest BCUT2D eigenvalue weighted by Gasteiger charge is -2.34. The third-order valence-corrected chi connectivity index (χ3v) is 5.67. The van der Waals surface area contributed by atoms with Crippen LogP contribution in [-0.4, -0.2) is 10.7 Å². The van der Waals surface area contributed by atoms with Crippen LogP contribution in [0.2, 0.25) is 0 Å². The van der Waals surface area contributed by atoms with Crippen molar-refractivity contribution in [3.8, 4) is 0 Å². The van der Waals surface area contributed by atoms with Gasteiger partial charge < -0.3 is 0 Å². The summed E-state index contributed by atoms with van der Waals surface area (Å²) in [4.78, 5) is 9.25. The van der Waals surface area contributed by atoms with Gasteiger partial charge in [0.05, 0.1) is 12.2 Å². The number of nitrogens with zero attached hydrogens (tertiary/aromatic N) is 2. The van der Waals surface area contributed by atoms with Gasteiger partial charge in [-0.2, -0.15) is 0 Å². The molecule has 0 radical (unpaired) electrons. The van der Waals surface area contributed by atoms with Crippen LogP contribution in [0.15, 0.2) is 29.4 Å². The molecule has 0 saturated heterocycles. The normalized spacial score (nSPS) is 35.3. The molecule has 2 aliphatic rings. The standard InChI is InChI=1S/C16H22N2/c1-15(2)12-7-8-16(15,3)14(10-12)18-11-13-6-4-5-9-17-13/h4-6,9,12H,7-8,10-11H2,1-3H3/t12?,16-/m0/s1. The molecule has 1 heterocycles. The van der Waals surface area contributed by atoms with Gasteiger partial charge in [-0.15, -0.1) is 0 Å². The molecule has 0 spiro atoms. The predicted molar refractivity (Wildman–Crippen MR) is 74.6 cm³/mol. The van der Waals surface area contributed by atoms with Crippen molar-refractivity contribution in [1.29, 1.82) is 0 Å². The van der Waals surface area contributed by atoms with Gasteiger partial charge in [-0.3, -0.25) is 9.98 Å². The van der Waals surface area contributed by atoms with Crippen molar-refractivity contribution in [2.24, 2.45) is 21.7 Å². The Balaban J connectivity index is 1.83. The molecule has 18 heavy (non-hydrogen) atoms. The second kappa shape index (κ2) is 3.91. The molecule has 2 fully saturated rings. The van der Waals surface area contributed by atoms with Crippen LogP contribution < -0.4 is 0 Å². The van der Waals surface area contributed by atoms with Gasteiger partial charge in [0.2, 0.25) is 0 Å². The van der Waals surface area contributed by atoms with Crippen molar-refractivity contribution in [1.82, 2.24) is 4.98 Å². The van der Waals surface area contributed by atoms with Gasteiger partial charge in [-0.25, -0.2) is 0 Å². The molecule has 2 bridgehead atoms. The maximum Gasteiger partial charge on any atom is 0.0811 e. The van der Waals surface area contributed by atoms with Crippen molar-refractivity contribution in [3.63, 3.8) is 0 Å². The van der Waals surface area contributed by atoms with Gasteiger partial charge in [0.15, 0.2) is 0 Å². The molecule has 1 unspecified atom stereocenters. The number of hydrogen-bond acceptors (Lipinski definition) is 2. The van der Waals surface area contributed by atoms with Gasteiger partial charge in [-0.05, 0) is 42.7 Å². The van der Waals surface area contributed by atoms with Crippen LogP contribution in [0.4, 0.5) is 0 Å². The smallest absolute Gasteiger partial charge is 0.0811 e. The first-order valence-corrected chi connectivity index (χ1v) is 6.98. The van der Waals surface area contributed by atoms with Crippen LogP contribution >= 0.6 is 0 Å². The zero-order chi connectivity index (χ0) is 12.8. The third kappa shape index (κ3) is 1.54. The number of fused-ring (bicyclic) bond motifs is 2. The molecule has 1 aromatic heterocycles. The Kier molecular flexibility index (Phi) is 2.58. The summed E-state index contributed by atoms with van der Waals surface area (Å²) in [6.07, 6.45) is 5.75. The molecule has 0 N–H and O–H groups in total. The van der Waals surface area contributed by atoms with Crippen molar-refractivity contribution in [3.05, 3.63) is 30.1 Å². The molecule has 0 amide bonds. The number of aliphatic imine (C=N–C) groups is 1. The summed E-state index contributed by atoms with van der Waals surface area (Å²) in [5.41, 5.74) is 3.27. The molecule has 96 valence electrons. The second-order valence-electron chi connectivity index (χ2n) is 6.58. The lowest BCUT2D eigenvalue weighted by Crippen LogP contribution is -2.32. The summed E-state index contributed by atoms with van der Waals surface area (Å²) >= 11 is 0. The Morgan fingerprint density at radius 2 is 2.17 bits per heavy atom. The Bertz CT molecular complexity index is 475. The van der Waals surface area contributed by atoms with E-state index in [0.29, 0.717) is 10.8 Å². The van der Waals surface area contributed by atoms with Crippen LogP contribution in [0.25, 0.3) is 0 Å². The summed E-state index contributed by atoms with van der Waals surface area (Å²) < 4.78 is 0. The van der Waals surface area contributed by atoms with E-state index in [0.717, 1.165) is 18.2 Å². The highest BCUT2D eigenvalue weighted by atomic mass is 14.8. The molecule has 0 aliphatic heterocycles. The van der Waals surface area contributed by atoms with Crippen molar-refractivity contribution < 1.29 is 0 Å². The number of hydrogen-bond donors (Lipinski definition) is 0. The summed E-state index contributed by atoms with van der Waals surface area (Å²) in [7, 11) is 0. The minimum Gasteiger partial charge on any atom is -0.287 e. The summed E-state index contributed by atoms with van der Waals surface area (Å²) in [5, 5.41) is 0. The fraction of sp³-hybridized carbons (Fsp3) is 0.625. The second-order valence-corrected chi connectivity index (χ2v) is 6.58. The maximum absolute atomic E-state index is 4.90. The van der Waals surface area contributed by atoms with Crippen molar-refractivity contribution >= 4 is 5.71 Å². The molecular formula is C16H22N2. The van der Waals surface area contributed by atoms with Gasteiger partial charge in [0.1, 0.15) is 0 Å². The van der Waals surface area contributed by atoms with E-state index in [9.17, 15) is 0 Å². The largest absolute Gasteiger partial charge is 0.287 e. The van der Waals surface area contributed by atoms with Crippen LogP contribution in [0.5, 0.6) is 0 Å². The fourth-order valence-corrected chi connectivity index (χ4v) is 3.84. The topological polar surface area (TPSA) is 25.2 Å². The lowest BCUT2D eigenvalue weighted by atomic mass is 9.70. The van der Waals surface area contributed by atoms with Crippen LogP contribution in [0, 0.1) is 16.7 Å². The Hall–Kier alpha value is -1.18. The molecule has 2 atom stereocenters. The zero-order valence-corrected chi connectivity index (χ0v) is 11.6. The van der Waals surface area contributed by atoms with Crippen LogP contribution in [0.1, 0.15) is 45.7 Å². The molecule has 2 heteroatoms. The molecule has 3 rings (SSSR count). The van der Waals surface area contributed by atoms with E-state index in [2.05, 4.69) is 31.8 Å². The third-order valence-electron chi connectivity index (χ3n) is 5.67. The number of aromatic nitrogens is 1. The molecule has 2 nitrogen and oxygen atoms in total. The predicted octanol–water partition coefficient (Wildman–Crippen LogP) is 3.87. The van der Waals surface area contributed by atoms with E-state index >= 15 is 0 Å². The van der Waals surface area contributed by atoms with Gasteiger partial charge >= 0.3 is 0 Å². The van der Waals surface area contributed by atoms with Gasteiger partial charge in [0, 0.05) is 17.3 Å². The minimum absolute atomic E-state index is 0.326. The molecule has 2 saturated carbocycles. The van der Waals surface area contributed by atoms with Crippen molar-refractivity contribution in [2.45, 2.75) is 46.6 Å². The van der Waals surface area contributed by atoms with Crippen LogP contribution in [0.3, 0.4) is 0 Å². The first-order chi connectivity index (χ1) is 8.54. The van der Waals surface area contributed by atoms with E-state index in [1.165, 1.54) is 25.0 Å². The van der Waals surface area contributed by atoms with Crippen molar-refractivity contribution in [2.75, 3.05) is 0 Å². The average Bonchev–Trinajstić information content (AvgIpc) is 2.70. The van der Waals surface area contributed by atoms with Crippen LogP contribution in [-0.2, 0) is 6.54 Å². The van der Waals surface area contributed by atoms with E-state index < -0.39 is 0 Å². The summed E-state index contributed by atoms with van der Waals surface area (Å²) in [6.45, 7) is 8.01. The molecule has 1 aromatic rings. The highest BCUT2D eigenvalue weighted by molar-refractivity contribution is 5.94. The SMILES string of the molecule is CC1(C)C2CC[C@@]1(C)C(=NCc1ccccn1)C2. The van der Waals surface area contributed by atoms with E-state index in [-0.39, 0.29) is 0 Å². The first kappa shape index (κ1) is 11.9. The Morgan fingerprint density at radius 3 is 2.72 bits per heavy atom. The monoisotopic (exact) mass is 242 g/mol. The molecular weight excluding hydrogens is 220 g/mol. The average molecular weight is 242 g/mol. The number of rotatable bonds is 2. The summed E-state index contributed by atoms with van der Waals surface area (Å²) in [6, 6.07) is 6.05. The van der Waals surface area contributed by atoms with Gasteiger partial charge in [-0.1, -0.05) is 26.8 Å². The molecule has 0 aromatic carbocycles. The van der Waals surface area contributed by atoms with Gasteiger partial charge in [0.25, 0.3) is 0 Å². The number of pyridine rings is 1. The fourth-order valence-electron chi connectivity index (χ4n) is 3.84. The van der Waals surface area contributed by atoms with E-state index in [4.69, 9.17) is 4.99 Å². The highest BCUT2D eigenvalue weighted by Gasteiger charge is 2.59. The summed E-state index contributed by atoms with van der Waals surface area (Å²) in [5.74, 6) is 0.838. The first-order valence-electron chi connectivity index (χ1n) is 6.98. The maximum atomic E-state index is 4.90. The quantitative estimate of drug-likeness (QED) is 0.773. The van der Waals surface area contributed by atoms with E-state index in [1.807, 2.05) is 18.3 Å². The zero-order valence-electron chi connectivity index (χ0n) is 11.6. The molecule has 2 aliphatic carbocycles. The Labute approximate surface area is 110 Å². The minimum atomic E-state index is 0.326. The highest BCUT2D eigenvalue weighted by Crippen LogP contribution is 2.63. The van der Waals surface area contributed by atoms with E-state index in [1.54, 1.807) is 0 Å².